The Morgan fingerprint density at radius 2 is 1.30 bits per heavy atom. The topological polar surface area (TPSA) is 277 Å². The van der Waals surface area contributed by atoms with E-state index in [9.17, 15) is 39.0 Å². The summed E-state index contributed by atoms with van der Waals surface area (Å²) in [4.78, 5) is 72.8. The Bertz CT molecular complexity index is 1030. The Balaban J connectivity index is 3.15. The molecule has 1 rings (SSSR count). The summed E-state index contributed by atoms with van der Waals surface area (Å²) in [5.41, 5.74) is 17.0. The van der Waals surface area contributed by atoms with E-state index in [-0.39, 0.29) is 25.0 Å². The molecular weight excluding hydrogens is 528 g/mol. The Morgan fingerprint density at radius 1 is 0.750 bits per heavy atom. The minimum atomic E-state index is -1.56. The SMILES string of the molecule is NCCCCC(N)C(=O)NC(CCC(N)=O)C(=O)NC(Cc1ccc(O)cc1)C(=O)NC(CCC(=O)O)C(=O)O. The third kappa shape index (κ3) is 13.0. The first-order valence-corrected chi connectivity index (χ1v) is 12.7. The van der Waals surface area contributed by atoms with Crippen LogP contribution < -0.4 is 33.2 Å². The van der Waals surface area contributed by atoms with Crippen LogP contribution in [-0.2, 0) is 35.2 Å². The molecule has 40 heavy (non-hydrogen) atoms. The highest BCUT2D eigenvalue weighted by Gasteiger charge is 2.31. The van der Waals surface area contributed by atoms with Crippen LogP contribution in [0.3, 0.4) is 0 Å². The quantitative estimate of drug-likeness (QED) is 0.0830. The molecule has 222 valence electrons. The number of hydrogen-bond donors (Lipinski definition) is 9. The van der Waals surface area contributed by atoms with Crippen molar-refractivity contribution in [3.63, 3.8) is 0 Å². The van der Waals surface area contributed by atoms with Crippen LogP contribution in [0.4, 0.5) is 0 Å². The summed E-state index contributed by atoms with van der Waals surface area (Å²) in [5.74, 6) is -5.98. The second-order valence-electron chi connectivity index (χ2n) is 9.22. The molecule has 4 unspecified atom stereocenters. The zero-order valence-corrected chi connectivity index (χ0v) is 22.0. The maximum Gasteiger partial charge on any atom is 0.326 e. The fraction of sp³-hybridized carbons (Fsp3) is 0.520. The zero-order valence-electron chi connectivity index (χ0n) is 22.0. The number of carboxylic acids is 2. The van der Waals surface area contributed by atoms with E-state index >= 15 is 0 Å². The molecular formula is C25H38N6O9. The highest BCUT2D eigenvalue weighted by Crippen LogP contribution is 2.12. The van der Waals surface area contributed by atoms with Crippen molar-refractivity contribution < 1.29 is 44.1 Å². The van der Waals surface area contributed by atoms with Gasteiger partial charge in [0.2, 0.25) is 23.6 Å². The van der Waals surface area contributed by atoms with Gasteiger partial charge in [0.1, 0.15) is 23.9 Å². The van der Waals surface area contributed by atoms with Gasteiger partial charge in [-0.1, -0.05) is 18.6 Å². The lowest BCUT2D eigenvalue weighted by atomic mass is 10.0. The minimum absolute atomic E-state index is 0.0505. The average molecular weight is 567 g/mol. The van der Waals surface area contributed by atoms with Gasteiger partial charge >= 0.3 is 11.9 Å². The predicted molar refractivity (Wildman–Crippen MR) is 141 cm³/mol. The maximum absolute atomic E-state index is 13.2. The summed E-state index contributed by atoms with van der Waals surface area (Å²) in [7, 11) is 0. The number of nitrogens with two attached hydrogens (primary N) is 3. The second kappa shape index (κ2) is 17.4. The van der Waals surface area contributed by atoms with Gasteiger partial charge in [-0.05, 0) is 49.9 Å². The number of primary amides is 1. The van der Waals surface area contributed by atoms with Crippen molar-refractivity contribution in [1.82, 2.24) is 16.0 Å². The van der Waals surface area contributed by atoms with Crippen molar-refractivity contribution in [2.75, 3.05) is 6.54 Å². The van der Waals surface area contributed by atoms with E-state index in [1.54, 1.807) is 0 Å². The average Bonchev–Trinajstić information content (AvgIpc) is 2.88. The molecule has 1 aromatic carbocycles. The number of benzene rings is 1. The van der Waals surface area contributed by atoms with E-state index in [2.05, 4.69) is 16.0 Å². The predicted octanol–water partition coefficient (Wildman–Crippen LogP) is -1.94. The largest absolute Gasteiger partial charge is 0.508 e. The smallest absolute Gasteiger partial charge is 0.326 e. The van der Waals surface area contributed by atoms with Crippen LogP contribution >= 0.6 is 0 Å². The lowest BCUT2D eigenvalue weighted by Crippen LogP contribution is -2.57. The Morgan fingerprint density at radius 3 is 1.85 bits per heavy atom. The number of nitrogens with one attached hydrogen (secondary N) is 3. The molecule has 4 atom stereocenters. The number of rotatable bonds is 19. The second-order valence-corrected chi connectivity index (χ2v) is 9.22. The summed E-state index contributed by atoms with van der Waals surface area (Å²) in [6.45, 7) is 0.418. The molecule has 0 aliphatic heterocycles. The number of unbranched alkanes of at least 4 members (excludes halogenated alkanes) is 1. The molecule has 15 heteroatoms. The first-order chi connectivity index (χ1) is 18.8. The summed E-state index contributed by atoms with van der Waals surface area (Å²) in [5, 5.41) is 35.0. The molecule has 0 fully saturated rings. The molecule has 0 radical (unpaired) electrons. The number of hydrogen-bond acceptors (Lipinski definition) is 9. The summed E-state index contributed by atoms with van der Waals surface area (Å²) >= 11 is 0. The number of aromatic hydroxyl groups is 1. The Kier molecular flexibility index (Phi) is 14.7. The van der Waals surface area contributed by atoms with E-state index in [0.717, 1.165) is 0 Å². The molecule has 0 aliphatic carbocycles. The number of carbonyl (C=O) groups is 6. The lowest BCUT2D eigenvalue weighted by Gasteiger charge is -2.25. The maximum atomic E-state index is 13.2. The van der Waals surface area contributed by atoms with Gasteiger partial charge in [0.25, 0.3) is 0 Å². The lowest BCUT2D eigenvalue weighted by molar-refractivity contribution is -0.143. The van der Waals surface area contributed by atoms with Crippen molar-refractivity contribution in [3.8, 4) is 5.75 Å². The molecule has 12 N–H and O–H groups in total. The number of amides is 4. The van der Waals surface area contributed by atoms with Gasteiger partial charge in [0.05, 0.1) is 6.04 Å². The van der Waals surface area contributed by atoms with Gasteiger partial charge in [-0.3, -0.25) is 24.0 Å². The normalized spacial score (nSPS) is 13.8. The van der Waals surface area contributed by atoms with Gasteiger partial charge in [-0.2, -0.15) is 0 Å². The minimum Gasteiger partial charge on any atom is -0.508 e. The number of carboxylic acid groups (broad SMARTS) is 2. The van der Waals surface area contributed by atoms with Crippen LogP contribution in [0.1, 0.15) is 50.5 Å². The van der Waals surface area contributed by atoms with E-state index < -0.39 is 72.6 Å². The summed E-state index contributed by atoms with van der Waals surface area (Å²) in [6.07, 6.45) is -0.0494. The Labute approximate surface area is 230 Å². The van der Waals surface area contributed by atoms with Gasteiger partial charge in [0.15, 0.2) is 0 Å². The number of phenols is 1. The molecule has 0 aliphatic rings. The molecule has 15 nitrogen and oxygen atoms in total. The van der Waals surface area contributed by atoms with Gasteiger partial charge in [-0.15, -0.1) is 0 Å². The van der Waals surface area contributed by atoms with Crippen molar-refractivity contribution in [1.29, 1.82) is 0 Å². The highest BCUT2D eigenvalue weighted by atomic mass is 16.4. The fourth-order valence-electron chi connectivity index (χ4n) is 3.62. The first kappa shape index (κ1) is 33.8. The third-order valence-electron chi connectivity index (χ3n) is 5.89. The molecule has 0 spiro atoms. The molecule has 0 saturated carbocycles. The number of carbonyl (C=O) groups excluding carboxylic acids is 4. The van der Waals surface area contributed by atoms with Crippen LogP contribution in [0.2, 0.25) is 0 Å². The molecule has 4 amide bonds. The van der Waals surface area contributed by atoms with Crippen LogP contribution in [-0.4, -0.2) is 81.6 Å². The van der Waals surface area contributed by atoms with Crippen LogP contribution in [0.15, 0.2) is 24.3 Å². The third-order valence-corrected chi connectivity index (χ3v) is 5.89. The fourth-order valence-corrected chi connectivity index (χ4v) is 3.62. The first-order valence-electron chi connectivity index (χ1n) is 12.7. The molecule has 1 aromatic rings. The van der Waals surface area contributed by atoms with Gasteiger partial charge < -0.3 is 48.5 Å². The van der Waals surface area contributed by atoms with Crippen molar-refractivity contribution in [2.45, 2.75) is 75.5 Å². The van der Waals surface area contributed by atoms with Crippen molar-refractivity contribution in [3.05, 3.63) is 29.8 Å². The Hall–Kier alpha value is -4.24. The monoisotopic (exact) mass is 566 g/mol. The van der Waals surface area contributed by atoms with Crippen molar-refractivity contribution >= 4 is 35.6 Å². The van der Waals surface area contributed by atoms with E-state index in [1.165, 1.54) is 24.3 Å². The van der Waals surface area contributed by atoms with E-state index in [4.69, 9.17) is 22.3 Å². The molecule has 0 heterocycles. The molecule has 0 aromatic heterocycles. The van der Waals surface area contributed by atoms with E-state index in [0.29, 0.717) is 31.4 Å². The highest BCUT2D eigenvalue weighted by molar-refractivity contribution is 5.94. The summed E-state index contributed by atoms with van der Waals surface area (Å²) in [6, 6.07) is 0.452. The zero-order chi connectivity index (χ0) is 30.2. The van der Waals surface area contributed by atoms with Crippen LogP contribution in [0.5, 0.6) is 5.75 Å². The standard InChI is InChI=1S/C25H38N6O9/c26-12-2-1-3-16(27)22(36)29-17(8-10-20(28)33)23(37)31-19(13-14-4-6-15(32)7-5-14)24(38)30-18(25(39)40)9-11-21(34)35/h4-7,16-19,32H,1-3,8-13,26-27H2,(H2,28,33)(H,29,36)(H,30,38)(H,31,37)(H,34,35)(H,39,40). The molecule has 0 saturated heterocycles. The molecule has 0 bridgehead atoms. The van der Waals surface area contributed by atoms with Gasteiger partial charge in [0, 0.05) is 19.3 Å². The number of phenolic OH excluding ortho intramolecular Hbond substituents is 1. The van der Waals surface area contributed by atoms with E-state index in [1.807, 2.05) is 0 Å². The van der Waals surface area contributed by atoms with Crippen LogP contribution in [0, 0.1) is 0 Å². The summed E-state index contributed by atoms with van der Waals surface area (Å²) < 4.78 is 0. The van der Waals surface area contributed by atoms with Crippen LogP contribution in [0.25, 0.3) is 0 Å². The van der Waals surface area contributed by atoms with Gasteiger partial charge in [-0.25, -0.2) is 4.79 Å². The van der Waals surface area contributed by atoms with Crippen molar-refractivity contribution in [2.24, 2.45) is 17.2 Å². The number of aliphatic carboxylic acids is 2.